The number of aromatic nitrogens is 1. The van der Waals surface area contributed by atoms with Crippen LogP contribution in [0.15, 0.2) is 29.3 Å². The second kappa shape index (κ2) is 3.92. The molecule has 0 unspecified atom stereocenters. The molecule has 16 heavy (non-hydrogen) atoms. The van der Waals surface area contributed by atoms with Crippen LogP contribution in [0.2, 0.25) is 0 Å². The summed E-state index contributed by atoms with van der Waals surface area (Å²) >= 11 is 0. The van der Waals surface area contributed by atoms with Gasteiger partial charge in [-0.25, -0.2) is 8.42 Å². The third kappa shape index (κ3) is 1.72. The molecule has 4 nitrogen and oxygen atoms in total. The fourth-order valence-corrected chi connectivity index (χ4v) is 2.59. The van der Waals surface area contributed by atoms with Crippen LogP contribution in [0, 0.1) is 0 Å². The second-order valence-electron chi connectivity index (χ2n) is 3.63. The molecule has 2 rings (SSSR count). The maximum atomic E-state index is 11.7. The lowest BCUT2D eigenvalue weighted by Crippen LogP contribution is -2.03. The summed E-state index contributed by atoms with van der Waals surface area (Å²) in [6.45, 7) is 2.04. The van der Waals surface area contributed by atoms with Gasteiger partial charge in [0.1, 0.15) is 0 Å². The monoisotopic (exact) mass is 238 g/mol. The highest BCUT2D eigenvalue weighted by Crippen LogP contribution is 2.22. The Labute approximate surface area is 94.4 Å². The lowest BCUT2D eigenvalue weighted by molar-refractivity contribution is 0.597. The Morgan fingerprint density at radius 1 is 1.38 bits per heavy atom. The summed E-state index contributed by atoms with van der Waals surface area (Å²) < 4.78 is 23.4. The van der Waals surface area contributed by atoms with Crippen molar-refractivity contribution in [1.29, 1.82) is 0 Å². The van der Waals surface area contributed by atoms with Crippen molar-refractivity contribution in [2.24, 2.45) is 5.73 Å². The van der Waals surface area contributed by atoms with Crippen molar-refractivity contribution in [3.8, 4) is 0 Å². The zero-order valence-corrected chi connectivity index (χ0v) is 9.84. The van der Waals surface area contributed by atoms with Crippen LogP contribution in [-0.4, -0.2) is 19.2 Å². The Hall–Kier alpha value is -1.33. The largest absolute Gasteiger partial charge is 0.361 e. The number of rotatable bonds is 3. The van der Waals surface area contributed by atoms with Gasteiger partial charge in [0.15, 0.2) is 9.84 Å². The van der Waals surface area contributed by atoms with E-state index in [1.807, 2.05) is 6.20 Å². The predicted octanol–water partition coefficient (Wildman–Crippen LogP) is 1.42. The third-order valence-corrected chi connectivity index (χ3v) is 4.43. The number of benzene rings is 1. The second-order valence-corrected chi connectivity index (χ2v) is 5.91. The number of sulfone groups is 1. The van der Waals surface area contributed by atoms with Gasteiger partial charge >= 0.3 is 0 Å². The smallest absolute Gasteiger partial charge is 0.178 e. The summed E-state index contributed by atoms with van der Waals surface area (Å²) in [4.78, 5) is 3.42. The number of nitrogens with one attached hydrogen (secondary N) is 1. The highest BCUT2D eigenvalue weighted by atomic mass is 32.2. The summed E-state index contributed by atoms with van der Waals surface area (Å²) in [6, 6.07) is 5.09. The van der Waals surface area contributed by atoms with Crippen molar-refractivity contribution in [3.63, 3.8) is 0 Å². The van der Waals surface area contributed by atoms with Crippen molar-refractivity contribution in [2.45, 2.75) is 18.4 Å². The van der Waals surface area contributed by atoms with Gasteiger partial charge in [0.2, 0.25) is 0 Å². The van der Waals surface area contributed by atoms with Crippen LogP contribution in [0.25, 0.3) is 10.9 Å². The van der Waals surface area contributed by atoms with Crippen LogP contribution in [-0.2, 0) is 16.4 Å². The normalized spacial score (nSPS) is 12.1. The molecule has 0 bridgehead atoms. The van der Waals surface area contributed by atoms with Crippen molar-refractivity contribution >= 4 is 20.7 Å². The molecule has 0 spiro atoms. The molecule has 0 aliphatic rings. The molecule has 1 aromatic carbocycles. The highest BCUT2D eigenvalue weighted by Gasteiger charge is 2.13. The van der Waals surface area contributed by atoms with Gasteiger partial charge in [0.05, 0.1) is 10.6 Å². The molecule has 0 atom stereocenters. The average molecular weight is 238 g/mol. The van der Waals surface area contributed by atoms with Crippen molar-refractivity contribution in [1.82, 2.24) is 4.98 Å². The first-order chi connectivity index (χ1) is 7.58. The van der Waals surface area contributed by atoms with Crippen LogP contribution < -0.4 is 5.73 Å². The van der Waals surface area contributed by atoms with E-state index in [9.17, 15) is 8.42 Å². The number of fused-ring (bicyclic) bond motifs is 1. The molecule has 0 radical (unpaired) electrons. The van der Waals surface area contributed by atoms with Gasteiger partial charge < -0.3 is 10.7 Å². The third-order valence-electron chi connectivity index (χ3n) is 2.70. The maximum absolute atomic E-state index is 11.7. The maximum Gasteiger partial charge on any atom is 0.178 e. The van der Waals surface area contributed by atoms with E-state index in [1.54, 1.807) is 25.1 Å². The van der Waals surface area contributed by atoms with Crippen LogP contribution >= 0.6 is 0 Å². The summed E-state index contributed by atoms with van der Waals surface area (Å²) in [7, 11) is -3.15. The Balaban J connectivity index is 2.67. The SMILES string of the molecule is CCS(=O)(=O)c1ccc2[nH]cc(CN)c2c1. The highest BCUT2D eigenvalue weighted by molar-refractivity contribution is 7.91. The molecule has 0 saturated heterocycles. The minimum Gasteiger partial charge on any atom is -0.361 e. The van der Waals surface area contributed by atoms with E-state index in [0.717, 1.165) is 16.5 Å². The number of hydrogen-bond acceptors (Lipinski definition) is 3. The lowest BCUT2D eigenvalue weighted by atomic mass is 10.2. The summed E-state index contributed by atoms with van der Waals surface area (Å²) in [5.74, 6) is 0.112. The van der Waals surface area contributed by atoms with Gasteiger partial charge in [-0.15, -0.1) is 0 Å². The standard InChI is InChI=1S/C11H14N2O2S/c1-2-16(14,15)9-3-4-11-10(5-9)8(6-12)7-13-11/h3-5,7,13H,2,6,12H2,1H3. The minimum absolute atomic E-state index is 0.112. The zero-order valence-electron chi connectivity index (χ0n) is 9.03. The number of hydrogen-bond donors (Lipinski definition) is 2. The van der Waals surface area contributed by atoms with Crippen LogP contribution in [0.3, 0.4) is 0 Å². The van der Waals surface area contributed by atoms with Gasteiger partial charge in [-0.1, -0.05) is 6.92 Å². The Morgan fingerprint density at radius 2 is 2.12 bits per heavy atom. The molecule has 0 aliphatic carbocycles. The topological polar surface area (TPSA) is 76.0 Å². The van der Waals surface area contributed by atoms with Crippen LogP contribution in [0.5, 0.6) is 0 Å². The van der Waals surface area contributed by atoms with Gasteiger partial charge in [0, 0.05) is 23.6 Å². The summed E-state index contributed by atoms with van der Waals surface area (Å²) in [5, 5.41) is 0.886. The fourth-order valence-electron chi connectivity index (χ4n) is 1.69. The Kier molecular flexibility index (Phi) is 2.73. The average Bonchev–Trinajstić information content (AvgIpc) is 2.70. The molecule has 0 amide bonds. The number of H-pyrrole nitrogens is 1. The molecule has 0 fully saturated rings. The molecule has 0 aliphatic heterocycles. The summed E-state index contributed by atoms with van der Waals surface area (Å²) in [5.41, 5.74) is 7.43. The van der Waals surface area contributed by atoms with Crippen molar-refractivity contribution < 1.29 is 8.42 Å². The summed E-state index contributed by atoms with van der Waals surface area (Å²) in [6.07, 6.45) is 1.81. The van der Waals surface area contributed by atoms with Crippen LogP contribution in [0.1, 0.15) is 12.5 Å². The molecule has 5 heteroatoms. The first-order valence-electron chi connectivity index (χ1n) is 5.11. The van der Waals surface area contributed by atoms with Gasteiger partial charge in [-0.3, -0.25) is 0 Å². The van der Waals surface area contributed by atoms with E-state index >= 15 is 0 Å². The molecule has 1 heterocycles. The van der Waals surface area contributed by atoms with E-state index in [2.05, 4.69) is 4.98 Å². The molecular weight excluding hydrogens is 224 g/mol. The minimum atomic E-state index is -3.15. The Morgan fingerprint density at radius 3 is 2.75 bits per heavy atom. The van der Waals surface area contributed by atoms with Gasteiger partial charge in [-0.05, 0) is 23.8 Å². The van der Waals surface area contributed by atoms with Gasteiger partial charge in [-0.2, -0.15) is 0 Å². The predicted molar refractivity (Wildman–Crippen MR) is 63.9 cm³/mol. The van der Waals surface area contributed by atoms with E-state index in [4.69, 9.17) is 5.73 Å². The number of nitrogens with two attached hydrogens (primary N) is 1. The van der Waals surface area contributed by atoms with E-state index in [-0.39, 0.29) is 5.75 Å². The Bertz CT molecular complexity index is 614. The lowest BCUT2D eigenvalue weighted by Gasteiger charge is -2.02. The first kappa shape index (κ1) is 11.2. The van der Waals surface area contributed by atoms with Gasteiger partial charge in [0.25, 0.3) is 0 Å². The molecule has 0 saturated carbocycles. The van der Waals surface area contributed by atoms with E-state index < -0.39 is 9.84 Å². The van der Waals surface area contributed by atoms with Crippen molar-refractivity contribution in [3.05, 3.63) is 30.0 Å². The zero-order chi connectivity index (χ0) is 11.8. The number of aromatic amines is 1. The molecule has 3 N–H and O–H groups in total. The molecule has 2 aromatic rings. The van der Waals surface area contributed by atoms with Crippen molar-refractivity contribution in [2.75, 3.05) is 5.75 Å². The van der Waals surface area contributed by atoms with E-state index in [0.29, 0.717) is 11.4 Å². The molecule has 86 valence electrons. The quantitative estimate of drug-likeness (QED) is 0.849. The molecular formula is C11H14N2O2S. The first-order valence-corrected chi connectivity index (χ1v) is 6.76. The van der Waals surface area contributed by atoms with Crippen LogP contribution in [0.4, 0.5) is 0 Å². The fraction of sp³-hybridized carbons (Fsp3) is 0.273. The van der Waals surface area contributed by atoms with E-state index in [1.165, 1.54) is 0 Å². The molecule has 1 aromatic heterocycles.